The largest absolute Gasteiger partial charge is 0.493 e. The van der Waals surface area contributed by atoms with Gasteiger partial charge in [0.1, 0.15) is 0 Å². The minimum atomic E-state index is -1.06. The second-order valence-corrected chi connectivity index (χ2v) is 2.70. The van der Waals surface area contributed by atoms with Crippen LogP contribution in [0.4, 0.5) is 8.78 Å². The van der Waals surface area contributed by atoms with Crippen molar-refractivity contribution in [3.8, 4) is 11.5 Å². The highest BCUT2D eigenvalue weighted by Gasteiger charge is 2.19. The summed E-state index contributed by atoms with van der Waals surface area (Å²) >= 11 is 0. The minimum Gasteiger partial charge on any atom is -0.493 e. The number of benzene rings is 1. The molecule has 0 atom stereocenters. The molecule has 0 saturated heterocycles. The Morgan fingerprint density at radius 1 is 1.27 bits per heavy atom. The molecule has 0 heterocycles. The van der Waals surface area contributed by atoms with E-state index < -0.39 is 11.6 Å². The predicted molar refractivity (Wildman–Crippen MR) is 48.4 cm³/mol. The van der Waals surface area contributed by atoms with Crippen LogP contribution in [0.1, 0.15) is 5.56 Å². The van der Waals surface area contributed by atoms with Gasteiger partial charge in [-0.1, -0.05) is 0 Å². The molecule has 0 aromatic heterocycles. The van der Waals surface area contributed by atoms with Gasteiger partial charge in [0, 0.05) is 6.07 Å². The maximum absolute atomic E-state index is 13.3. The lowest BCUT2D eigenvalue weighted by molar-refractivity contribution is 0.118. The van der Waals surface area contributed by atoms with Crippen molar-refractivity contribution in [3.05, 3.63) is 23.3 Å². The van der Waals surface area contributed by atoms with Crippen LogP contribution in [0.25, 0.3) is 0 Å². The maximum atomic E-state index is 13.3. The van der Waals surface area contributed by atoms with Crippen LogP contribution in [-0.4, -0.2) is 14.2 Å². The third kappa shape index (κ3) is 2.16. The molecule has 0 fully saturated rings. The van der Waals surface area contributed by atoms with Crippen molar-refractivity contribution >= 4 is 0 Å². The fourth-order valence-corrected chi connectivity index (χ4v) is 1.22. The Balaban J connectivity index is 3.35. The van der Waals surface area contributed by atoms with E-state index in [0.29, 0.717) is 0 Å². The monoisotopic (exact) mass is 219 g/mol. The fourth-order valence-electron chi connectivity index (χ4n) is 1.22. The Morgan fingerprint density at radius 2 is 1.93 bits per heavy atom. The van der Waals surface area contributed by atoms with E-state index in [1.807, 2.05) is 0 Å². The van der Waals surface area contributed by atoms with E-state index in [1.54, 1.807) is 0 Å². The Labute approximate surface area is 85.5 Å². The molecular weight excluding hydrogens is 208 g/mol. The van der Waals surface area contributed by atoms with Gasteiger partial charge < -0.3 is 9.47 Å². The first-order valence-corrected chi connectivity index (χ1v) is 4.06. The van der Waals surface area contributed by atoms with Gasteiger partial charge in [0.05, 0.1) is 26.4 Å². The molecule has 0 unspecified atom stereocenters. The molecule has 15 heavy (non-hydrogen) atoms. The summed E-state index contributed by atoms with van der Waals surface area (Å²) in [6.45, 7) is -0.302. The van der Waals surface area contributed by atoms with Crippen molar-refractivity contribution in [2.24, 2.45) is 5.90 Å². The summed E-state index contributed by atoms with van der Waals surface area (Å²) in [5.74, 6) is 2.87. The Bertz CT molecular complexity index is 358. The molecule has 6 heteroatoms. The molecule has 1 aromatic rings. The van der Waals surface area contributed by atoms with Crippen LogP contribution in [0.5, 0.6) is 11.5 Å². The molecular formula is C9H11F2NO3. The zero-order chi connectivity index (χ0) is 11.4. The number of halogens is 2. The highest BCUT2D eigenvalue weighted by Crippen LogP contribution is 2.34. The van der Waals surface area contributed by atoms with E-state index in [1.165, 1.54) is 14.2 Å². The van der Waals surface area contributed by atoms with E-state index in [0.717, 1.165) is 6.07 Å². The molecule has 1 rings (SSSR count). The summed E-state index contributed by atoms with van der Waals surface area (Å²) < 4.78 is 36.1. The molecule has 0 aliphatic heterocycles. The number of hydrogen-bond donors (Lipinski definition) is 1. The summed E-state index contributed by atoms with van der Waals surface area (Å²) in [5, 5.41) is 0. The van der Waals surface area contributed by atoms with Crippen LogP contribution in [0.15, 0.2) is 6.07 Å². The predicted octanol–water partition coefficient (Wildman–Crippen LogP) is 1.37. The van der Waals surface area contributed by atoms with E-state index in [4.69, 9.17) is 15.4 Å². The molecule has 0 amide bonds. The minimum absolute atomic E-state index is 0.0712. The van der Waals surface area contributed by atoms with Gasteiger partial charge in [0.2, 0.25) is 0 Å². The summed E-state index contributed by atoms with van der Waals surface area (Å²) in [5.41, 5.74) is -0.114. The highest BCUT2D eigenvalue weighted by atomic mass is 19.2. The molecule has 0 bridgehead atoms. The van der Waals surface area contributed by atoms with Crippen molar-refractivity contribution in [3.63, 3.8) is 0 Å². The van der Waals surface area contributed by atoms with Crippen LogP contribution < -0.4 is 15.4 Å². The fraction of sp³-hybridized carbons (Fsp3) is 0.333. The molecule has 0 aliphatic rings. The number of ether oxygens (including phenoxy) is 2. The lowest BCUT2D eigenvalue weighted by atomic mass is 10.1. The number of methoxy groups -OCH3 is 2. The molecule has 84 valence electrons. The van der Waals surface area contributed by atoms with Crippen molar-refractivity contribution in [1.82, 2.24) is 0 Å². The van der Waals surface area contributed by atoms with E-state index in [9.17, 15) is 8.78 Å². The number of nitrogens with two attached hydrogens (primary N) is 1. The molecule has 4 nitrogen and oxygen atoms in total. The molecule has 1 aromatic carbocycles. The van der Waals surface area contributed by atoms with E-state index >= 15 is 0 Å². The zero-order valence-corrected chi connectivity index (χ0v) is 8.34. The van der Waals surface area contributed by atoms with Crippen molar-refractivity contribution < 1.29 is 23.1 Å². The first kappa shape index (κ1) is 11.7. The highest BCUT2D eigenvalue weighted by molar-refractivity contribution is 5.47. The summed E-state index contributed by atoms with van der Waals surface area (Å²) in [4.78, 5) is 4.26. The Morgan fingerprint density at radius 3 is 2.40 bits per heavy atom. The zero-order valence-electron chi connectivity index (χ0n) is 8.34. The van der Waals surface area contributed by atoms with Crippen molar-refractivity contribution in [2.75, 3.05) is 14.2 Å². The topological polar surface area (TPSA) is 53.7 Å². The third-order valence-corrected chi connectivity index (χ3v) is 1.88. The second kappa shape index (κ2) is 4.90. The second-order valence-electron chi connectivity index (χ2n) is 2.70. The van der Waals surface area contributed by atoms with Crippen LogP contribution >= 0.6 is 0 Å². The lowest BCUT2D eigenvalue weighted by Crippen LogP contribution is -2.06. The average molecular weight is 219 g/mol. The molecule has 0 spiro atoms. The molecule has 0 saturated carbocycles. The number of hydrogen-bond acceptors (Lipinski definition) is 4. The van der Waals surface area contributed by atoms with Crippen LogP contribution in [-0.2, 0) is 11.4 Å². The Hall–Kier alpha value is -1.40. The quantitative estimate of drug-likeness (QED) is 0.777. The standard InChI is InChI=1S/C9H11F2NO3/c1-13-7-3-6(10)8(11)5(4-15-12)9(7)14-2/h3H,4,12H2,1-2H3. The summed E-state index contributed by atoms with van der Waals surface area (Å²) in [6, 6.07) is 0.897. The lowest BCUT2D eigenvalue weighted by Gasteiger charge is -2.13. The van der Waals surface area contributed by atoms with E-state index in [-0.39, 0.29) is 23.7 Å². The Kier molecular flexibility index (Phi) is 3.81. The number of rotatable bonds is 4. The third-order valence-electron chi connectivity index (χ3n) is 1.88. The first-order chi connectivity index (χ1) is 7.15. The summed E-state index contributed by atoms with van der Waals surface area (Å²) in [7, 11) is 2.64. The van der Waals surface area contributed by atoms with Gasteiger partial charge in [-0.2, -0.15) is 0 Å². The SMILES string of the molecule is COc1cc(F)c(F)c(CON)c1OC. The summed E-state index contributed by atoms with van der Waals surface area (Å²) in [6.07, 6.45) is 0. The van der Waals surface area contributed by atoms with Crippen molar-refractivity contribution in [2.45, 2.75) is 6.61 Å². The normalized spacial score (nSPS) is 10.2. The molecule has 0 radical (unpaired) electrons. The van der Waals surface area contributed by atoms with Gasteiger partial charge in [0.25, 0.3) is 0 Å². The van der Waals surface area contributed by atoms with Gasteiger partial charge in [-0.3, -0.25) is 4.84 Å². The van der Waals surface area contributed by atoms with Gasteiger partial charge in [-0.25, -0.2) is 14.7 Å². The van der Waals surface area contributed by atoms with Crippen LogP contribution in [0.2, 0.25) is 0 Å². The van der Waals surface area contributed by atoms with Crippen LogP contribution in [0.3, 0.4) is 0 Å². The van der Waals surface area contributed by atoms with Gasteiger partial charge in [-0.15, -0.1) is 0 Å². The van der Waals surface area contributed by atoms with Crippen molar-refractivity contribution in [1.29, 1.82) is 0 Å². The molecule has 2 N–H and O–H groups in total. The van der Waals surface area contributed by atoms with Crippen LogP contribution in [0, 0.1) is 11.6 Å². The van der Waals surface area contributed by atoms with Gasteiger partial charge >= 0.3 is 0 Å². The maximum Gasteiger partial charge on any atom is 0.169 e. The first-order valence-electron chi connectivity index (χ1n) is 4.06. The van der Waals surface area contributed by atoms with E-state index in [2.05, 4.69) is 4.84 Å². The molecule has 0 aliphatic carbocycles. The smallest absolute Gasteiger partial charge is 0.169 e. The van der Waals surface area contributed by atoms with Gasteiger partial charge in [-0.05, 0) is 0 Å². The average Bonchev–Trinajstić information content (AvgIpc) is 2.24. The van der Waals surface area contributed by atoms with Gasteiger partial charge in [0.15, 0.2) is 23.1 Å².